The predicted molar refractivity (Wildman–Crippen MR) is 71.0 cm³/mol. The van der Waals surface area contributed by atoms with Crippen LogP contribution >= 0.6 is 0 Å². The summed E-state index contributed by atoms with van der Waals surface area (Å²) in [4.78, 5) is 0. The zero-order chi connectivity index (χ0) is 13.2. The molecule has 0 atom stereocenters. The Morgan fingerprint density at radius 2 is 1.94 bits per heavy atom. The van der Waals surface area contributed by atoms with Gasteiger partial charge in [0.05, 0.1) is 19.0 Å². The number of ether oxygens (including phenoxy) is 1. The summed E-state index contributed by atoms with van der Waals surface area (Å²) < 4.78 is 30.3. The molecular formula is C12H24N2O3S. The van der Waals surface area contributed by atoms with Gasteiger partial charge in [0, 0.05) is 31.1 Å². The molecule has 0 aliphatic carbocycles. The minimum absolute atomic E-state index is 0.209. The van der Waals surface area contributed by atoms with Crippen molar-refractivity contribution in [1.29, 1.82) is 0 Å². The van der Waals surface area contributed by atoms with Crippen LogP contribution in [0.2, 0.25) is 0 Å². The number of nitrogens with one attached hydrogen (secondary N) is 1. The minimum atomic E-state index is -3.00. The first-order valence-corrected chi connectivity index (χ1v) is 8.35. The molecule has 0 radical (unpaired) electrons. The summed E-state index contributed by atoms with van der Waals surface area (Å²) in [5, 5.41) is 3.55. The van der Waals surface area contributed by atoms with Gasteiger partial charge in [0.15, 0.2) is 0 Å². The SMILES string of the molecule is CCS(=O)(=O)N1CCC(NCC2(C)COC2)CC1. The average molecular weight is 276 g/mol. The molecule has 0 aromatic heterocycles. The normalized spacial score (nSPS) is 25.9. The first-order chi connectivity index (χ1) is 8.45. The van der Waals surface area contributed by atoms with E-state index in [9.17, 15) is 8.42 Å². The summed E-state index contributed by atoms with van der Waals surface area (Å²) >= 11 is 0. The molecule has 2 rings (SSSR count). The second kappa shape index (κ2) is 5.45. The standard InChI is InChI=1S/C12H24N2O3S/c1-3-18(15,16)14-6-4-11(5-7-14)13-8-12(2)9-17-10-12/h11,13H,3-10H2,1-2H3. The van der Waals surface area contributed by atoms with Gasteiger partial charge in [-0.2, -0.15) is 0 Å². The molecule has 0 saturated carbocycles. The average Bonchev–Trinajstić information content (AvgIpc) is 2.34. The van der Waals surface area contributed by atoms with Crippen molar-refractivity contribution in [3.05, 3.63) is 0 Å². The molecule has 5 nitrogen and oxygen atoms in total. The molecule has 0 amide bonds. The van der Waals surface area contributed by atoms with Gasteiger partial charge in [-0.1, -0.05) is 6.92 Å². The molecule has 2 fully saturated rings. The maximum atomic E-state index is 11.7. The second-order valence-electron chi connectivity index (χ2n) is 5.76. The Bertz CT molecular complexity index is 371. The topological polar surface area (TPSA) is 58.6 Å². The van der Waals surface area contributed by atoms with Gasteiger partial charge in [-0.05, 0) is 19.8 Å². The first kappa shape index (κ1) is 14.2. The highest BCUT2D eigenvalue weighted by Crippen LogP contribution is 2.26. The lowest BCUT2D eigenvalue weighted by molar-refractivity contribution is -0.100. The van der Waals surface area contributed by atoms with Crippen LogP contribution in [0, 0.1) is 5.41 Å². The van der Waals surface area contributed by atoms with E-state index in [0.717, 1.165) is 32.6 Å². The van der Waals surface area contributed by atoms with Crippen molar-refractivity contribution in [1.82, 2.24) is 9.62 Å². The largest absolute Gasteiger partial charge is 0.380 e. The maximum Gasteiger partial charge on any atom is 0.213 e. The molecule has 0 aromatic rings. The van der Waals surface area contributed by atoms with Crippen LogP contribution in [0.3, 0.4) is 0 Å². The van der Waals surface area contributed by atoms with E-state index < -0.39 is 10.0 Å². The van der Waals surface area contributed by atoms with Gasteiger partial charge in [-0.3, -0.25) is 0 Å². The van der Waals surface area contributed by atoms with Crippen LogP contribution < -0.4 is 5.32 Å². The fourth-order valence-corrected chi connectivity index (χ4v) is 3.60. The van der Waals surface area contributed by atoms with Crippen molar-refractivity contribution in [2.45, 2.75) is 32.7 Å². The molecule has 2 heterocycles. The number of hydrogen-bond donors (Lipinski definition) is 1. The van der Waals surface area contributed by atoms with Crippen LogP contribution in [0.4, 0.5) is 0 Å². The summed E-state index contributed by atoms with van der Waals surface area (Å²) in [6.07, 6.45) is 1.83. The Labute approximate surface area is 110 Å². The summed E-state index contributed by atoms with van der Waals surface area (Å²) in [7, 11) is -3.00. The van der Waals surface area contributed by atoms with Gasteiger partial charge in [-0.25, -0.2) is 12.7 Å². The zero-order valence-corrected chi connectivity index (χ0v) is 12.1. The molecule has 2 aliphatic heterocycles. The molecular weight excluding hydrogens is 252 g/mol. The Morgan fingerprint density at radius 1 is 1.33 bits per heavy atom. The molecule has 0 unspecified atom stereocenters. The highest BCUT2D eigenvalue weighted by Gasteiger charge is 2.34. The fourth-order valence-electron chi connectivity index (χ4n) is 2.46. The monoisotopic (exact) mass is 276 g/mol. The number of nitrogens with zero attached hydrogens (tertiary/aromatic N) is 1. The van der Waals surface area contributed by atoms with Crippen molar-refractivity contribution in [2.24, 2.45) is 5.41 Å². The second-order valence-corrected chi connectivity index (χ2v) is 8.02. The molecule has 18 heavy (non-hydrogen) atoms. The number of hydrogen-bond acceptors (Lipinski definition) is 4. The van der Waals surface area contributed by atoms with E-state index in [0.29, 0.717) is 19.1 Å². The lowest BCUT2D eigenvalue weighted by Gasteiger charge is -2.40. The van der Waals surface area contributed by atoms with Crippen LogP contribution in [-0.2, 0) is 14.8 Å². The third-order valence-corrected chi connectivity index (χ3v) is 5.81. The smallest absolute Gasteiger partial charge is 0.213 e. The lowest BCUT2D eigenvalue weighted by atomic mass is 9.88. The third-order valence-electron chi connectivity index (χ3n) is 3.93. The molecule has 0 bridgehead atoms. The van der Waals surface area contributed by atoms with Crippen molar-refractivity contribution in [2.75, 3.05) is 38.6 Å². The number of piperidine rings is 1. The van der Waals surface area contributed by atoms with Gasteiger partial charge in [0.1, 0.15) is 0 Å². The third kappa shape index (κ3) is 3.23. The van der Waals surface area contributed by atoms with E-state index in [2.05, 4.69) is 12.2 Å². The fraction of sp³-hybridized carbons (Fsp3) is 1.00. The van der Waals surface area contributed by atoms with Gasteiger partial charge < -0.3 is 10.1 Å². The van der Waals surface area contributed by atoms with Crippen LogP contribution in [-0.4, -0.2) is 57.4 Å². The predicted octanol–water partition coefficient (Wildman–Crippen LogP) is 0.427. The molecule has 2 aliphatic rings. The van der Waals surface area contributed by atoms with Crippen molar-refractivity contribution in [3.63, 3.8) is 0 Å². The summed E-state index contributed by atoms with van der Waals surface area (Å²) in [5.74, 6) is 0.209. The highest BCUT2D eigenvalue weighted by molar-refractivity contribution is 7.89. The Balaban J connectivity index is 1.73. The Kier molecular flexibility index (Phi) is 4.31. The molecule has 1 N–H and O–H groups in total. The van der Waals surface area contributed by atoms with E-state index in [4.69, 9.17) is 4.74 Å². The molecule has 6 heteroatoms. The Morgan fingerprint density at radius 3 is 2.39 bits per heavy atom. The Hall–Kier alpha value is -0.170. The number of sulfonamides is 1. The van der Waals surface area contributed by atoms with Gasteiger partial charge in [0.2, 0.25) is 10.0 Å². The van der Waals surface area contributed by atoms with Crippen LogP contribution in [0.25, 0.3) is 0 Å². The van der Waals surface area contributed by atoms with E-state index in [1.54, 1.807) is 11.2 Å². The van der Waals surface area contributed by atoms with Gasteiger partial charge >= 0.3 is 0 Å². The van der Waals surface area contributed by atoms with E-state index >= 15 is 0 Å². The molecule has 0 spiro atoms. The lowest BCUT2D eigenvalue weighted by Crippen LogP contribution is -2.52. The van der Waals surface area contributed by atoms with Gasteiger partial charge in [0.25, 0.3) is 0 Å². The van der Waals surface area contributed by atoms with Crippen molar-refractivity contribution >= 4 is 10.0 Å². The van der Waals surface area contributed by atoms with Crippen LogP contribution in [0.1, 0.15) is 26.7 Å². The number of rotatable bonds is 5. The summed E-state index contributed by atoms with van der Waals surface area (Å²) in [5.41, 5.74) is 0.284. The van der Waals surface area contributed by atoms with Gasteiger partial charge in [-0.15, -0.1) is 0 Å². The van der Waals surface area contributed by atoms with Crippen LogP contribution in [0.15, 0.2) is 0 Å². The maximum absolute atomic E-state index is 11.7. The summed E-state index contributed by atoms with van der Waals surface area (Å²) in [6.45, 7) is 7.88. The van der Waals surface area contributed by atoms with Crippen molar-refractivity contribution in [3.8, 4) is 0 Å². The minimum Gasteiger partial charge on any atom is -0.380 e. The molecule has 0 aromatic carbocycles. The van der Waals surface area contributed by atoms with E-state index in [-0.39, 0.29) is 11.2 Å². The summed E-state index contributed by atoms with van der Waals surface area (Å²) in [6, 6.07) is 0.450. The molecule has 106 valence electrons. The zero-order valence-electron chi connectivity index (χ0n) is 11.3. The quantitative estimate of drug-likeness (QED) is 0.791. The van der Waals surface area contributed by atoms with E-state index in [1.807, 2.05) is 0 Å². The van der Waals surface area contributed by atoms with E-state index in [1.165, 1.54) is 0 Å². The highest BCUT2D eigenvalue weighted by atomic mass is 32.2. The van der Waals surface area contributed by atoms with Crippen LogP contribution in [0.5, 0.6) is 0 Å². The molecule has 2 saturated heterocycles. The van der Waals surface area contributed by atoms with Crippen molar-refractivity contribution < 1.29 is 13.2 Å². The first-order valence-electron chi connectivity index (χ1n) is 6.74.